The Labute approximate surface area is 220 Å². The Morgan fingerprint density at radius 2 is 1.50 bits per heavy atom. The molecular weight excluding hydrogens is 494 g/mol. The molecule has 2 amide bonds. The van der Waals surface area contributed by atoms with Crippen LogP contribution >= 0.6 is 0 Å². The number of amides is 2. The predicted octanol–water partition coefficient (Wildman–Crippen LogP) is 5.41. The maximum Gasteiger partial charge on any atom is 0.265 e. The van der Waals surface area contributed by atoms with Crippen LogP contribution in [0.3, 0.4) is 0 Å². The quantitative estimate of drug-likeness (QED) is 0.427. The second-order valence-electron chi connectivity index (χ2n) is 9.03. The molecule has 0 aromatic heterocycles. The number of piperidine rings is 1. The van der Waals surface area contributed by atoms with Gasteiger partial charge >= 0.3 is 0 Å². The van der Waals surface area contributed by atoms with Gasteiger partial charge in [-0.3, -0.25) is 9.59 Å². The first kappa shape index (κ1) is 26.9. The summed E-state index contributed by atoms with van der Waals surface area (Å²) in [7, 11) is 2.48. The highest BCUT2D eigenvalue weighted by molar-refractivity contribution is 5.96. The Bertz CT molecular complexity index is 1250. The molecule has 1 aliphatic heterocycles. The number of rotatable bonds is 8. The zero-order valence-electron chi connectivity index (χ0n) is 21.5. The van der Waals surface area contributed by atoms with Crippen molar-refractivity contribution in [1.82, 2.24) is 4.90 Å². The van der Waals surface area contributed by atoms with E-state index in [0.29, 0.717) is 37.4 Å². The van der Waals surface area contributed by atoms with Crippen LogP contribution in [0.4, 0.5) is 14.5 Å². The van der Waals surface area contributed by atoms with E-state index in [2.05, 4.69) is 5.32 Å². The van der Waals surface area contributed by atoms with E-state index in [1.165, 1.54) is 19.1 Å². The van der Waals surface area contributed by atoms with Crippen LogP contribution in [0.15, 0.2) is 60.7 Å². The number of benzene rings is 3. The highest BCUT2D eigenvalue weighted by Gasteiger charge is 2.31. The minimum Gasteiger partial charge on any atom is -0.494 e. The predicted molar refractivity (Wildman–Crippen MR) is 139 cm³/mol. The van der Waals surface area contributed by atoms with Gasteiger partial charge in [0.25, 0.3) is 11.8 Å². The van der Waals surface area contributed by atoms with E-state index in [1.807, 2.05) is 42.5 Å². The van der Waals surface area contributed by atoms with Crippen LogP contribution in [0.5, 0.6) is 17.2 Å². The number of hydrogen-bond acceptors (Lipinski definition) is 5. The molecule has 0 bridgehead atoms. The number of nitrogens with zero attached hydrogens (tertiary/aromatic N) is 1. The van der Waals surface area contributed by atoms with Crippen LogP contribution in [-0.4, -0.2) is 50.1 Å². The van der Waals surface area contributed by atoms with Crippen molar-refractivity contribution in [2.24, 2.45) is 0 Å². The molecule has 0 aliphatic carbocycles. The average Bonchev–Trinajstić information content (AvgIpc) is 2.94. The summed E-state index contributed by atoms with van der Waals surface area (Å²) in [6.07, 6.45) is 0.589. The molecule has 7 nitrogen and oxygen atoms in total. The zero-order chi connectivity index (χ0) is 27.2. The van der Waals surface area contributed by atoms with Crippen LogP contribution in [0.25, 0.3) is 0 Å². The molecule has 200 valence electrons. The number of halogens is 2. The van der Waals surface area contributed by atoms with Gasteiger partial charge in [-0.2, -0.15) is 0 Å². The molecule has 1 fully saturated rings. The number of ether oxygens (including phenoxy) is 3. The van der Waals surface area contributed by atoms with Crippen molar-refractivity contribution < 1.29 is 32.6 Å². The summed E-state index contributed by atoms with van der Waals surface area (Å²) < 4.78 is 45.1. The van der Waals surface area contributed by atoms with Crippen LogP contribution in [-0.2, 0) is 4.79 Å². The van der Waals surface area contributed by atoms with Gasteiger partial charge in [-0.1, -0.05) is 30.3 Å². The smallest absolute Gasteiger partial charge is 0.265 e. The molecule has 0 spiro atoms. The van der Waals surface area contributed by atoms with E-state index in [1.54, 1.807) is 19.1 Å². The lowest BCUT2D eigenvalue weighted by atomic mass is 9.89. The van der Waals surface area contributed by atoms with Crippen LogP contribution in [0.2, 0.25) is 0 Å². The number of anilines is 1. The van der Waals surface area contributed by atoms with E-state index in [4.69, 9.17) is 14.2 Å². The van der Waals surface area contributed by atoms with Crippen LogP contribution < -0.4 is 19.5 Å². The number of nitrogens with one attached hydrogen (secondary N) is 1. The Kier molecular flexibility index (Phi) is 8.45. The summed E-state index contributed by atoms with van der Waals surface area (Å²) in [5, 5.41) is 2.85. The monoisotopic (exact) mass is 524 g/mol. The van der Waals surface area contributed by atoms with E-state index in [0.717, 1.165) is 11.6 Å². The molecule has 1 N–H and O–H groups in total. The largest absolute Gasteiger partial charge is 0.494 e. The highest BCUT2D eigenvalue weighted by Crippen LogP contribution is 2.34. The highest BCUT2D eigenvalue weighted by atomic mass is 19.1. The third-order valence-corrected chi connectivity index (χ3v) is 6.64. The summed E-state index contributed by atoms with van der Waals surface area (Å²) in [6.45, 7) is 2.37. The van der Waals surface area contributed by atoms with Crippen LogP contribution in [0.1, 0.15) is 41.6 Å². The van der Waals surface area contributed by atoms with Crippen LogP contribution in [0, 0.1) is 11.6 Å². The van der Waals surface area contributed by atoms with Crippen molar-refractivity contribution in [2.75, 3.05) is 32.6 Å². The van der Waals surface area contributed by atoms with E-state index >= 15 is 0 Å². The fourth-order valence-electron chi connectivity index (χ4n) is 4.49. The SMILES string of the molecule is COc1cc(OC)c(F)c(C(=O)N2CCC(c3ccc(NC(=O)[C@H](C)Oc4ccccc4)cc3)CC2)c1F. The molecule has 1 heterocycles. The van der Waals surface area contributed by atoms with Gasteiger partial charge < -0.3 is 24.4 Å². The van der Waals surface area contributed by atoms with Crippen molar-refractivity contribution in [3.63, 3.8) is 0 Å². The summed E-state index contributed by atoms with van der Waals surface area (Å²) >= 11 is 0. The molecular formula is C29H30F2N2O5. The van der Waals surface area contributed by atoms with Crippen molar-refractivity contribution in [1.29, 1.82) is 0 Å². The second kappa shape index (κ2) is 11.9. The number of methoxy groups -OCH3 is 2. The summed E-state index contributed by atoms with van der Waals surface area (Å²) in [4.78, 5) is 27.0. The molecule has 9 heteroatoms. The first-order valence-electron chi connectivity index (χ1n) is 12.3. The lowest BCUT2D eigenvalue weighted by molar-refractivity contribution is -0.122. The molecule has 3 aromatic rings. The van der Waals surface area contributed by atoms with Crippen molar-refractivity contribution in [2.45, 2.75) is 31.8 Å². The maximum absolute atomic E-state index is 14.8. The molecule has 3 aromatic carbocycles. The number of carbonyl (C=O) groups is 2. The molecule has 1 atom stereocenters. The van der Waals surface area contributed by atoms with Gasteiger partial charge in [0.15, 0.2) is 29.2 Å². The standard InChI is InChI=1S/C29H30F2N2O5/c1-18(38-22-7-5-4-6-8-22)28(34)32-21-11-9-19(10-12-21)20-13-15-33(16-14-20)29(35)25-26(30)23(36-2)17-24(37-3)27(25)31/h4-12,17-18,20H,13-16H2,1-3H3,(H,32,34)/t18-/m0/s1. The number of para-hydroxylation sites is 1. The number of likely N-dealkylation sites (tertiary alicyclic amines) is 1. The van der Waals surface area contributed by atoms with E-state index in [-0.39, 0.29) is 23.3 Å². The second-order valence-corrected chi connectivity index (χ2v) is 9.03. The Hall–Kier alpha value is -4.14. The summed E-state index contributed by atoms with van der Waals surface area (Å²) in [5.74, 6) is -2.81. The van der Waals surface area contributed by atoms with Gasteiger partial charge in [0.2, 0.25) is 0 Å². The third kappa shape index (κ3) is 5.88. The minimum absolute atomic E-state index is 0.165. The van der Waals surface area contributed by atoms with Gasteiger partial charge in [0.05, 0.1) is 14.2 Å². The van der Waals surface area contributed by atoms with Gasteiger partial charge in [-0.15, -0.1) is 0 Å². The third-order valence-electron chi connectivity index (χ3n) is 6.64. The van der Waals surface area contributed by atoms with E-state index in [9.17, 15) is 18.4 Å². The average molecular weight is 525 g/mol. The molecule has 0 radical (unpaired) electrons. The van der Waals surface area contributed by atoms with Gasteiger partial charge in [-0.25, -0.2) is 8.78 Å². The van der Waals surface area contributed by atoms with Gasteiger partial charge in [0.1, 0.15) is 11.3 Å². The summed E-state index contributed by atoms with van der Waals surface area (Å²) in [6, 6.07) is 17.7. The lowest BCUT2D eigenvalue weighted by Gasteiger charge is -2.32. The van der Waals surface area contributed by atoms with Gasteiger partial charge in [0, 0.05) is 24.8 Å². The first-order chi connectivity index (χ1) is 18.3. The molecule has 1 aliphatic rings. The summed E-state index contributed by atoms with van der Waals surface area (Å²) in [5.41, 5.74) is 1.03. The Balaban J connectivity index is 1.35. The van der Waals surface area contributed by atoms with Crippen molar-refractivity contribution in [3.8, 4) is 17.2 Å². The number of carbonyl (C=O) groups excluding carboxylic acids is 2. The van der Waals surface area contributed by atoms with E-state index < -0.39 is 29.2 Å². The minimum atomic E-state index is -1.04. The van der Waals surface area contributed by atoms with Gasteiger partial charge in [-0.05, 0) is 55.5 Å². The fourth-order valence-corrected chi connectivity index (χ4v) is 4.49. The number of hydrogen-bond donors (Lipinski definition) is 1. The topological polar surface area (TPSA) is 77.1 Å². The Morgan fingerprint density at radius 1 is 0.921 bits per heavy atom. The molecule has 1 saturated heterocycles. The molecule has 0 unspecified atom stereocenters. The lowest BCUT2D eigenvalue weighted by Crippen LogP contribution is -2.38. The molecule has 4 rings (SSSR count). The molecule has 38 heavy (non-hydrogen) atoms. The first-order valence-corrected chi connectivity index (χ1v) is 12.3. The fraction of sp³-hybridized carbons (Fsp3) is 0.310. The van der Waals surface area contributed by atoms with Crippen molar-refractivity contribution >= 4 is 17.5 Å². The Morgan fingerprint density at radius 3 is 2.05 bits per heavy atom. The maximum atomic E-state index is 14.8. The molecule has 0 saturated carbocycles. The normalized spacial score (nSPS) is 14.5. The van der Waals surface area contributed by atoms with Crippen molar-refractivity contribution in [3.05, 3.63) is 83.4 Å². The zero-order valence-corrected chi connectivity index (χ0v) is 21.5.